The van der Waals surface area contributed by atoms with Gasteiger partial charge in [-0.3, -0.25) is 24.4 Å². The Morgan fingerprint density at radius 1 is 0.872 bits per heavy atom. The van der Waals surface area contributed by atoms with E-state index in [1.54, 1.807) is 37.8 Å². The Labute approximate surface area is 274 Å². The quantitative estimate of drug-likeness (QED) is 0.0990. The molecule has 14 heteroatoms. The molecule has 3 atom stereocenters. The molecule has 10 nitrogen and oxygen atoms in total. The summed E-state index contributed by atoms with van der Waals surface area (Å²) in [4.78, 5) is 39.6. The molecule has 0 aliphatic heterocycles. The van der Waals surface area contributed by atoms with Gasteiger partial charge in [0.15, 0.2) is 0 Å². The molecule has 0 aliphatic rings. The summed E-state index contributed by atoms with van der Waals surface area (Å²) in [6, 6.07) is 3.61. The van der Waals surface area contributed by atoms with E-state index in [4.69, 9.17) is 11.5 Å². The molecule has 0 fully saturated rings. The summed E-state index contributed by atoms with van der Waals surface area (Å²) in [5.41, 5.74) is 13.2. The van der Waals surface area contributed by atoms with Crippen molar-refractivity contribution in [2.45, 2.75) is 27.2 Å². The number of aromatic nitrogens is 2. The molecule has 2 aromatic rings. The Hall–Kier alpha value is -1.13. The van der Waals surface area contributed by atoms with E-state index in [2.05, 4.69) is 89.4 Å². The van der Waals surface area contributed by atoms with E-state index in [9.17, 15) is 14.4 Å². The number of nitrogens with zero attached hydrogens (tertiary/aromatic N) is 2. The van der Waals surface area contributed by atoms with Crippen LogP contribution in [0.3, 0.4) is 0 Å². The van der Waals surface area contributed by atoms with Gasteiger partial charge in [-0.1, -0.05) is 49.3 Å². The number of carbonyl (C=O) groups excluding carboxylic acids is 3. The predicted molar refractivity (Wildman–Crippen MR) is 171 cm³/mol. The van der Waals surface area contributed by atoms with Gasteiger partial charge in [-0.15, -0.1) is 0 Å². The third-order valence-electron chi connectivity index (χ3n) is 4.13. The van der Waals surface area contributed by atoms with Crippen LogP contribution in [0.1, 0.15) is 26.3 Å². The number of nitrogens with two attached hydrogens (primary N) is 2. The first-order valence-corrected chi connectivity index (χ1v) is 22.6. The molecule has 0 saturated heterocycles. The number of hydrogen-bond donors (Lipinski definition) is 2. The van der Waals surface area contributed by atoms with E-state index < -0.39 is 0 Å². The summed E-state index contributed by atoms with van der Waals surface area (Å²) < 4.78 is 15.1. The third kappa shape index (κ3) is 24.4. The molecule has 0 aromatic carbocycles. The number of carbonyl (C=O) groups is 3. The van der Waals surface area contributed by atoms with Crippen LogP contribution in [-0.2, 0) is 49.8 Å². The SMILES string of the molecule is COC(=O)[C@@H](C)CI.COC(=O)[C@@H](C)Cc1cncc(N)c1.Nc1cncc(Br)c1.[CH2-][C@H](C)C(=O)OC.[Zn+][I]. The van der Waals surface area contributed by atoms with Crippen molar-refractivity contribution >= 4 is 87.6 Å². The van der Waals surface area contributed by atoms with Gasteiger partial charge in [0.2, 0.25) is 0 Å². The molecule has 0 aliphatic carbocycles. The van der Waals surface area contributed by atoms with Crippen LogP contribution in [0.5, 0.6) is 0 Å². The fourth-order valence-corrected chi connectivity index (χ4v) is 2.89. The number of methoxy groups -OCH3 is 3. The summed E-state index contributed by atoms with van der Waals surface area (Å²) >= 11 is 8.99. The van der Waals surface area contributed by atoms with E-state index in [1.807, 2.05) is 19.9 Å². The molecule has 2 aromatic heterocycles. The molecule has 0 bridgehead atoms. The summed E-state index contributed by atoms with van der Waals surface area (Å²) in [6.07, 6.45) is 7.17. The van der Waals surface area contributed by atoms with E-state index in [0.29, 0.717) is 17.8 Å². The molecule has 0 radical (unpaired) electrons. The second-order valence-electron chi connectivity index (χ2n) is 7.69. The topological polar surface area (TPSA) is 157 Å². The maximum atomic E-state index is 11.1. The maximum absolute atomic E-state index is 11.1. The van der Waals surface area contributed by atoms with Crippen LogP contribution >= 0.6 is 58.3 Å². The molecule has 216 valence electrons. The van der Waals surface area contributed by atoms with Gasteiger partial charge in [0.1, 0.15) is 0 Å². The fraction of sp³-hybridized carbons (Fsp3) is 0.440. The Kier molecular flexibility index (Phi) is 29.4. The Balaban J connectivity index is -0.000000453. The normalized spacial score (nSPS) is 11.4. The molecule has 2 rings (SSSR count). The number of pyridine rings is 2. The van der Waals surface area contributed by atoms with E-state index in [0.717, 1.165) is 14.5 Å². The number of ether oxygens (including phenoxy) is 3. The van der Waals surface area contributed by atoms with Crippen LogP contribution in [0.2, 0.25) is 0 Å². The van der Waals surface area contributed by atoms with Gasteiger partial charge < -0.3 is 32.6 Å². The second kappa shape index (κ2) is 27.1. The Morgan fingerprint density at radius 3 is 1.59 bits per heavy atom. The summed E-state index contributed by atoms with van der Waals surface area (Å²) in [7, 11) is 4.14. The van der Waals surface area contributed by atoms with Gasteiger partial charge in [-0.2, -0.15) is 0 Å². The average molecular weight is 889 g/mol. The summed E-state index contributed by atoms with van der Waals surface area (Å²) in [5.74, 6) is -0.971. The Morgan fingerprint density at radius 2 is 1.31 bits per heavy atom. The first kappa shape index (κ1) is 42.3. The van der Waals surface area contributed by atoms with Gasteiger partial charge in [0.25, 0.3) is 5.97 Å². The zero-order chi connectivity index (χ0) is 31.0. The number of anilines is 2. The first-order valence-electron chi connectivity index (χ1n) is 11.3. The summed E-state index contributed by atoms with van der Waals surface area (Å²) in [6.45, 7) is 8.78. The zero-order valence-electron chi connectivity index (χ0n) is 23.2. The molecule has 39 heavy (non-hydrogen) atoms. The number of alkyl halides is 1. The van der Waals surface area contributed by atoms with Gasteiger partial charge in [-0.25, -0.2) is 0 Å². The number of hydrogen-bond acceptors (Lipinski definition) is 10. The first-order chi connectivity index (χ1) is 18.3. The molecule has 4 N–H and O–H groups in total. The molecular weight excluding hydrogens is 851 g/mol. The van der Waals surface area contributed by atoms with Gasteiger partial charge >= 0.3 is 46.5 Å². The Bertz CT molecular complexity index is 943. The monoisotopic (exact) mass is 886 g/mol. The van der Waals surface area contributed by atoms with Crippen LogP contribution in [0.25, 0.3) is 0 Å². The minimum absolute atomic E-state index is 0.0422. The van der Waals surface area contributed by atoms with Crippen molar-refractivity contribution in [1.82, 2.24) is 9.97 Å². The van der Waals surface area contributed by atoms with Crippen molar-refractivity contribution < 1.29 is 43.4 Å². The molecule has 0 unspecified atom stereocenters. The number of nitrogen functional groups attached to an aromatic ring is 2. The molecule has 0 amide bonds. The fourth-order valence-electron chi connectivity index (χ4n) is 2.15. The second-order valence-corrected chi connectivity index (χ2v) is 9.49. The predicted octanol–water partition coefficient (Wildman–Crippen LogP) is 5.18. The third-order valence-corrected chi connectivity index (χ3v) is 5.88. The van der Waals surface area contributed by atoms with Crippen LogP contribution in [0.4, 0.5) is 11.4 Å². The molecular formula is C25H37BrI2N4O6Zn. The standard InChI is InChI=1S/C10H14N2O2.C5H5BrN2.C5H9IO2.C5H9O2.HI.Zn/c1-7(10(13)14-2)3-8-4-9(11)6-12-5-8;6-4-1-5(7)3-8-2-4;1-4(3-6)5(7)8-2;1-4(2)5(6)7-3;;/h4-7H,3,11H2,1-2H3;1-3H,7H2;4H,3H2,1-2H3;4H,1H2,2-3H3;1H;/q;;;-1;;+2/p-1/t7-;;2*4-;;/m0.01../s1. The van der Waals surface area contributed by atoms with Gasteiger partial charge in [0.05, 0.1) is 44.5 Å². The van der Waals surface area contributed by atoms with Crippen molar-refractivity contribution in [1.29, 1.82) is 0 Å². The van der Waals surface area contributed by atoms with Crippen molar-refractivity contribution in [3.8, 4) is 0 Å². The zero-order valence-corrected chi connectivity index (χ0v) is 32.0. The van der Waals surface area contributed by atoms with Crippen molar-refractivity contribution in [3.05, 3.63) is 53.9 Å². The van der Waals surface area contributed by atoms with Gasteiger partial charge in [-0.05, 0) is 40.0 Å². The van der Waals surface area contributed by atoms with Crippen molar-refractivity contribution in [2.24, 2.45) is 17.8 Å². The van der Waals surface area contributed by atoms with Crippen molar-refractivity contribution in [3.63, 3.8) is 0 Å². The average Bonchev–Trinajstić information content (AvgIpc) is 2.93. The summed E-state index contributed by atoms with van der Waals surface area (Å²) in [5, 5.41) is 0. The van der Waals surface area contributed by atoms with E-state index >= 15 is 0 Å². The number of halogens is 3. The molecule has 2 heterocycles. The van der Waals surface area contributed by atoms with Gasteiger partial charge in [0, 0.05) is 33.7 Å². The number of esters is 3. The van der Waals surface area contributed by atoms with Crippen LogP contribution < -0.4 is 11.5 Å². The molecule has 0 saturated carbocycles. The van der Waals surface area contributed by atoms with Crippen LogP contribution in [-0.4, -0.2) is 53.6 Å². The van der Waals surface area contributed by atoms with E-state index in [1.165, 1.54) is 36.1 Å². The van der Waals surface area contributed by atoms with Crippen molar-refractivity contribution in [2.75, 3.05) is 37.2 Å². The van der Waals surface area contributed by atoms with E-state index in [-0.39, 0.29) is 35.7 Å². The molecule has 0 spiro atoms. The number of rotatable bonds is 6. The van der Waals surface area contributed by atoms with Crippen LogP contribution in [0.15, 0.2) is 41.4 Å². The van der Waals surface area contributed by atoms with Crippen LogP contribution in [0, 0.1) is 24.7 Å². The minimum atomic E-state index is -0.264.